The minimum absolute atomic E-state index is 0.101. The number of aromatic nitrogens is 1. The Hall–Kier alpha value is -2.59. The molecule has 0 unspecified atom stereocenters. The number of carbonyl (C=O) groups is 1. The molecule has 0 fully saturated rings. The third-order valence-electron chi connectivity index (χ3n) is 4.10. The van der Waals surface area contributed by atoms with Crippen molar-refractivity contribution in [3.63, 3.8) is 0 Å². The van der Waals surface area contributed by atoms with Gasteiger partial charge in [-0.05, 0) is 42.2 Å². The predicted molar refractivity (Wildman–Crippen MR) is 107 cm³/mol. The summed E-state index contributed by atoms with van der Waals surface area (Å²) in [5.74, 6) is 1.51. The quantitative estimate of drug-likeness (QED) is 0.621. The van der Waals surface area contributed by atoms with Crippen molar-refractivity contribution in [1.29, 1.82) is 0 Å². The Kier molecular flexibility index (Phi) is 6.30. The first-order valence-electron chi connectivity index (χ1n) is 9.06. The Morgan fingerprint density at radius 2 is 1.93 bits per heavy atom. The highest BCUT2D eigenvalue weighted by Crippen LogP contribution is 2.24. The normalized spacial score (nSPS) is 11.0. The number of oxazole rings is 1. The molecule has 0 atom stereocenters. The second-order valence-electron chi connectivity index (χ2n) is 6.94. The smallest absolute Gasteiger partial charge is 0.227 e. The highest BCUT2D eigenvalue weighted by atomic mass is 35.5. The zero-order valence-corrected chi connectivity index (χ0v) is 16.3. The molecule has 0 aliphatic heterocycles. The molecule has 0 saturated heterocycles. The molecule has 5 heteroatoms. The Bertz CT molecular complexity index is 904. The van der Waals surface area contributed by atoms with Crippen LogP contribution in [0, 0.1) is 5.92 Å². The second kappa shape index (κ2) is 8.87. The first-order valence-corrected chi connectivity index (χ1v) is 9.44. The Labute approximate surface area is 164 Å². The fourth-order valence-corrected chi connectivity index (χ4v) is 3.04. The fourth-order valence-electron chi connectivity index (χ4n) is 2.83. The maximum Gasteiger partial charge on any atom is 0.227 e. The Morgan fingerprint density at radius 3 is 2.63 bits per heavy atom. The monoisotopic (exact) mass is 382 g/mol. The minimum Gasteiger partial charge on any atom is -0.440 e. The number of carbonyl (C=O) groups excluding carboxylic acids is 1. The number of hydrogen-bond donors (Lipinski definition) is 1. The van der Waals surface area contributed by atoms with E-state index in [0.717, 1.165) is 23.2 Å². The van der Waals surface area contributed by atoms with Crippen LogP contribution in [0.5, 0.6) is 0 Å². The molecule has 3 rings (SSSR count). The minimum atomic E-state index is -0.101. The largest absolute Gasteiger partial charge is 0.440 e. The van der Waals surface area contributed by atoms with Crippen molar-refractivity contribution in [2.24, 2.45) is 5.92 Å². The van der Waals surface area contributed by atoms with Crippen LogP contribution in [0.4, 0.5) is 0 Å². The van der Waals surface area contributed by atoms with Crippen molar-refractivity contribution >= 4 is 17.5 Å². The van der Waals surface area contributed by atoms with Crippen LogP contribution >= 0.6 is 11.6 Å². The summed E-state index contributed by atoms with van der Waals surface area (Å²) in [5, 5.41) is 3.58. The summed E-state index contributed by atoms with van der Waals surface area (Å²) in [4.78, 5) is 17.1. The van der Waals surface area contributed by atoms with Crippen LogP contribution in [-0.4, -0.2) is 10.9 Å². The van der Waals surface area contributed by atoms with Crippen LogP contribution in [0.25, 0.3) is 11.5 Å². The van der Waals surface area contributed by atoms with Crippen molar-refractivity contribution in [3.8, 4) is 11.5 Å². The van der Waals surface area contributed by atoms with E-state index in [4.69, 9.17) is 16.0 Å². The average Bonchev–Trinajstić information content (AvgIpc) is 3.02. The van der Waals surface area contributed by atoms with Gasteiger partial charge in [0, 0.05) is 17.1 Å². The van der Waals surface area contributed by atoms with E-state index in [-0.39, 0.29) is 12.3 Å². The van der Waals surface area contributed by atoms with Crippen LogP contribution in [0.15, 0.2) is 59.0 Å². The average molecular weight is 383 g/mol. The van der Waals surface area contributed by atoms with E-state index in [1.807, 2.05) is 54.6 Å². The van der Waals surface area contributed by atoms with Crippen molar-refractivity contribution in [2.75, 3.05) is 0 Å². The summed E-state index contributed by atoms with van der Waals surface area (Å²) < 4.78 is 5.95. The highest BCUT2D eigenvalue weighted by Gasteiger charge is 2.18. The van der Waals surface area contributed by atoms with Gasteiger partial charge in [0.15, 0.2) is 0 Å². The van der Waals surface area contributed by atoms with Crippen molar-refractivity contribution in [3.05, 3.63) is 76.6 Å². The Morgan fingerprint density at radius 1 is 1.15 bits per heavy atom. The molecule has 2 aromatic carbocycles. The zero-order chi connectivity index (χ0) is 19.2. The van der Waals surface area contributed by atoms with Gasteiger partial charge in [0.05, 0.1) is 12.1 Å². The summed E-state index contributed by atoms with van der Waals surface area (Å²) in [6.45, 7) is 4.68. The van der Waals surface area contributed by atoms with Gasteiger partial charge in [-0.2, -0.15) is 0 Å². The van der Waals surface area contributed by atoms with E-state index in [2.05, 4.69) is 24.1 Å². The van der Waals surface area contributed by atoms with E-state index >= 15 is 0 Å². The predicted octanol–water partition coefficient (Wildman–Crippen LogP) is 5.05. The van der Waals surface area contributed by atoms with Gasteiger partial charge in [0.2, 0.25) is 11.8 Å². The number of rotatable bonds is 7. The summed E-state index contributed by atoms with van der Waals surface area (Å²) in [7, 11) is 0. The van der Waals surface area contributed by atoms with Gasteiger partial charge in [-0.25, -0.2) is 4.98 Å². The fraction of sp³-hybridized carbons (Fsp3) is 0.273. The van der Waals surface area contributed by atoms with E-state index < -0.39 is 0 Å². The van der Waals surface area contributed by atoms with E-state index in [1.54, 1.807) is 0 Å². The molecule has 4 nitrogen and oxygen atoms in total. The SMILES string of the molecule is CC(C)Cc1nc(-c2ccccc2)oc1CC(=O)NCc1cccc(Cl)c1. The van der Waals surface area contributed by atoms with Crippen molar-refractivity contribution in [2.45, 2.75) is 33.2 Å². The molecule has 0 aliphatic rings. The first-order chi connectivity index (χ1) is 13.0. The molecule has 3 aromatic rings. The van der Waals surface area contributed by atoms with Crippen LogP contribution in [-0.2, 0) is 24.2 Å². The van der Waals surface area contributed by atoms with Crippen molar-refractivity contribution < 1.29 is 9.21 Å². The van der Waals surface area contributed by atoms with Crippen LogP contribution in [0.2, 0.25) is 5.02 Å². The molecule has 140 valence electrons. The topological polar surface area (TPSA) is 55.1 Å². The van der Waals surface area contributed by atoms with E-state index in [9.17, 15) is 4.79 Å². The first kappa shape index (κ1) is 19.2. The molecule has 1 N–H and O–H groups in total. The molecule has 1 heterocycles. The molecule has 0 aliphatic carbocycles. The summed E-state index contributed by atoms with van der Waals surface area (Å²) in [6.07, 6.45) is 0.940. The lowest BCUT2D eigenvalue weighted by Crippen LogP contribution is -2.24. The molecule has 0 radical (unpaired) electrons. The lowest BCUT2D eigenvalue weighted by Gasteiger charge is -2.06. The zero-order valence-electron chi connectivity index (χ0n) is 15.5. The maximum atomic E-state index is 12.4. The van der Waals surface area contributed by atoms with Gasteiger partial charge >= 0.3 is 0 Å². The van der Waals surface area contributed by atoms with E-state index in [1.165, 1.54) is 0 Å². The standard InChI is InChI=1S/C22H23ClN2O2/c1-15(2)11-19-20(27-22(25-19)17-8-4-3-5-9-17)13-21(26)24-14-16-7-6-10-18(23)12-16/h3-10,12,15H,11,13-14H2,1-2H3,(H,24,26). The van der Waals surface area contributed by atoms with Gasteiger partial charge in [0.25, 0.3) is 0 Å². The molecule has 1 aromatic heterocycles. The third kappa shape index (κ3) is 5.44. The summed E-state index contributed by atoms with van der Waals surface area (Å²) in [6, 6.07) is 17.2. The third-order valence-corrected chi connectivity index (χ3v) is 4.34. The maximum absolute atomic E-state index is 12.4. The number of hydrogen-bond acceptors (Lipinski definition) is 3. The Balaban J connectivity index is 1.72. The van der Waals surface area contributed by atoms with Crippen molar-refractivity contribution in [1.82, 2.24) is 10.3 Å². The van der Waals surface area contributed by atoms with Gasteiger partial charge in [-0.3, -0.25) is 4.79 Å². The molecule has 0 spiro atoms. The lowest BCUT2D eigenvalue weighted by atomic mass is 10.1. The number of nitrogens with one attached hydrogen (secondary N) is 1. The lowest BCUT2D eigenvalue weighted by molar-refractivity contribution is -0.120. The number of halogens is 1. The second-order valence-corrected chi connectivity index (χ2v) is 7.37. The van der Waals surface area contributed by atoms with Crippen LogP contribution in [0.3, 0.4) is 0 Å². The van der Waals surface area contributed by atoms with Crippen LogP contribution in [0.1, 0.15) is 30.9 Å². The summed E-state index contributed by atoms with van der Waals surface area (Å²) >= 11 is 5.98. The van der Waals surface area contributed by atoms with Gasteiger partial charge in [-0.15, -0.1) is 0 Å². The molecule has 1 amide bonds. The van der Waals surface area contributed by atoms with Gasteiger partial charge in [-0.1, -0.05) is 55.8 Å². The molecule has 0 saturated carbocycles. The number of nitrogens with zero attached hydrogens (tertiary/aromatic N) is 1. The number of benzene rings is 2. The van der Waals surface area contributed by atoms with Gasteiger partial charge < -0.3 is 9.73 Å². The molecule has 27 heavy (non-hydrogen) atoms. The molecule has 0 bridgehead atoms. The molecular formula is C22H23ClN2O2. The van der Waals surface area contributed by atoms with Crippen LogP contribution < -0.4 is 5.32 Å². The van der Waals surface area contributed by atoms with Gasteiger partial charge in [0.1, 0.15) is 5.76 Å². The highest BCUT2D eigenvalue weighted by molar-refractivity contribution is 6.30. The van der Waals surface area contributed by atoms with E-state index in [0.29, 0.717) is 29.1 Å². The number of amides is 1. The summed E-state index contributed by atoms with van der Waals surface area (Å²) in [5.41, 5.74) is 2.72. The molecular weight excluding hydrogens is 360 g/mol.